The van der Waals surface area contributed by atoms with E-state index in [9.17, 15) is 14.7 Å². The third-order valence-corrected chi connectivity index (χ3v) is 5.86. The highest BCUT2D eigenvalue weighted by Gasteiger charge is 2.39. The summed E-state index contributed by atoms with van der Waals surface area (Å²) in [6.45, 7) is 4.15. The molecule has 0 aliphatic carbocycles. The molecular weight excluding hydrogens is 406 g/mol. The first-order valence-electron chi connectivity index (χ1n) is 9.18. The van der Waals surface area contributed by atoms with Crippen molar-refractivity contribution >= 4 is 46.3 Å². The standard InChI is InChI=1S/C22H21NO4S2/c1-3-17(21(25)26)23-20(24)19(29-22(23)28)12-16-6-4-5-7-18(16)27-13-15-10-8-14(2)9-11-15/h4-12,17H,3,13H2,1-2H3,(H,25,26). The van der Waals surface area contributed by atoms with Crippen molar-refractivity contribution in [1.82, 2.24) is 4.90 Å². The molecule has 2 aromatic rings. The first-order valence-corrected chi connectivity index (χ1v) is 10.4. The van der Waals surface area contributed by atoms with Crippen LogP contribution in [-0.4, -0.2) is 32.2 Å². The van der Waals surface area contributed by atoms with E-state index >= 15 is 0 Å². The Morgan fingerprint density at radius 3 is 2.59 bits per heavy atom. The summed E-state index contributed by atoms with van der Waals surface area (Å²) in [4.78, 5) is 25.8. The van der Waals surface area contributed by atoms with E-state index in [2.05, 4.69) is 0 Å². The van der Waals surface area contributed by atoms with Crippen LogP contribution in [0.15, 0.2) is 53.4 Å². The smallest absolute Gasteiger partial charge is 0.326 e. The van der Waals surface area contributed by atoms with Gasteiger partial charge in [-0.25, -0.2) is 4.79 Å². The fraction of sp³-hybridized carbons (Fsp3) is 0.227. The number of amides is 1. The van der Waals surface area contributed by atoms with Crippen LogP contribution >= 0.6 is 24.0 Å². The summed E-state index contributed by atoms with van der Waals surface area (Å²) in [5.41, 5.74) is 2.97. The van der Waals surface area contributed by atoms with E-state index in [0.717, 1.165) is 22.9 Å². The molecule has 1 N–H and O–H groups in total. The molecule has 5 nitrogen and oxygen atoms in total. The van der Waals surface area contributed by atoms with Crippen LogP contribution in [0.5, 0.6) is 5.75 Å². The minimum atomic E-state index is -1.06. The average Bonchev–Trinajstić information content (AvgIpc) is 2.97. The topological polar surface area (TPSA) is 66.8 Å². The van der Waals surface area contributed by atoms with Gasteiger partial charge in [0.1, 0.15) is 22.7 Å². The maximum Gasteiger partial charge on any atom is 0.326 e. The number of carboxylic acid groups (broad SMARTS) is 1. The van der Waals surface area contributed by atoms with Gasteiger partial charge in [0, 0.05) is 5.56 Å². The summed E-state index contributed by atoms with van der Waals surface area (Å²) in [6.07, 6.45) is 1.99. The molecule has 3 rings (SSSR count). The Labute approximate surface area is 179 Å². The second kappa shape index (κ2) is 9.24. The average molecular weight is 428 g/mol. The molecule has 1 saturated heterocycles. The third kappa shape index (κ3) is 4.86. The number of nitrogens with zero attached hydrogens (tertiary/aromatic N) is 1. The van der Waals surface area contributed by atoms with E-state index < -0.39 is 12.0 Å². The number of ether oxygens (including phenoxy) is 1. The number of rotatable bonds is 7. The van der Waals surface area contributed by atoms with Gasteiger partial charge >= 0.3 is 5.97 Å². The molecule has 1 amide bonds. The first kappa shape index (κ1) is 21.1. The fourth-order valence-electron chi connectivity index (χ4n) is 2.93. The van der Waals surface area contributed by atoms with E-state index in [1.807, 2.05) is 55.5 Å². The Kier molecular flexibility index (Phi) is 6.71. The third-order valence-electron chi connectivity index (χ3n) is 4.53. The Bertz CT molecular complexity index is 969. The van der Waals surface area contributed by atoms with Crippen LogP contribution in [0.2, 0.25) is 0 Å². The molecule has 0 spiro atoms. The van der Waals surface area contributed by atoms with Crippen LogP contribution in [0.25, 0.3) is 6.08 Å². The quantitative estimate of drug-likeness (QED) is 0.513. The van der Waals surface area contributed by atoms with Crippen LogP contribution in [0.1, 0.15) is 30.0 Å². The number of benzene rings is 2. The molecule has 29 heavy (non-hydrogen) atoms. The van der Waals surface area contributed by atoms with E-state index in [1.165, 1.54) is 10.5 Å². The van der Waals surface area contributed by atoms with Crippen molar-refractivity contribution in [3.8, 4) is 5.75 Å². The maximum atomic E-state index is 12.8. The van der Waals surface area contributed by atoms with E-state index in [-0.39, 0.29) is 16.6 Å². The van der Waals surface area contributed by atoms with Gasteiger partial charge in [-0.2, -0.15) is 0 Å². The van der Waals surface area contributed by atoms with Crippen LogP contribution in [0.3, 0.4) is 0 Å². The van der Waals surface area contributed by atoms with Crippen molar-refractivity contribution in [1.29, 1.82) is 0 Å². The predicted molar refractivity (Wildman–Crippen MR) is 119 cm³/mol. The molecule has 0 aromatic heterocycles. The molecule has 1 aliphatic rings. The van der Waals surface area contributed by atoms with Crippen molar-refractivity contribution < 1.29 is 19.4 Å². The van der Waals surface area contributed by atoms with Gasteiger partial charge in [-0.1, -0.05) is 78.9 Å². The van der Waals surface area contributed by atoms with Crippen LogP contribution in [0, 0.1) is 6.92 Å². The molecule has 0 radical (unpaired) electrons. The summed E-state index contributed by atoms with van der Waals surface area (Å²) in [5.74, 6) is -0.807. The molecule has 1 fully saturated rings. The van der Waals surface area contributed by atoms with Crippen LogP contribution < -0.4 is 4.74 Å². The van der Waals surface area contributed by atoms with Gasteiger partial charge in [0.15, 0.2) is 0 Å². The number of aliphatic carboxylic acids is 1. The number of aryl methyl sites for hydroxylation is 1. The molecular formula is C22H21NO4S2. The highest BCUT2D eigenvalue weighted by molar-refractivity contribution is 8.26. The molecule has 2 aromatic carbocycles. The normalized spacial score (nSPS) is 16.3. The lowest BCUT2D eigenvalue weighted by atomic mass is 10.1. The molecule has 1 atom stereocenters. The van der Waals surface area contributed by atoms with E-state index in [4.69, 9.17) is 17.0 Å². The van der Waals surface area contributed by atoms with Gasteiger partial charge in [-0.05, 0) is 31.1 Å². The Morgan fingerprint density at radius 1 is 1.24 bits per heavy atom. The molecule has 0 bridgehead atoms. The van der Waals surface area contributed by atoms with Crippen molar-refractivity contribution in [3.63, 3.8) is 0 Å². The Balaban J connectivity index is 1.81. The highest BCUT2D eigenvalue weighted by Crippen LogP contribution is 2.36. The van der Waals surface area contributed by atoms with Gasteiger partial charge in [-0.15, -0.1) is 0 Å². The van der Waals surface area contributed by atoms with Gasteiger partial charge < -0.3 is 9.84 Å². The van der Waals surface area contributed by atoms with Crippen LogP contribution in [0.4, 0.5) is 0 Å². The molecule has 150 valence electrons. The second-order valence-corrected chi connectivity index (χ2v) is 8.30. The van der Waals surface area contributed by atoms with Crippen molar-refractivity contribution in [2.24, 2.45) is 0 Å². The number of hydrogen-bond acceptors (Lipinski definition) is 5. The lowest BCUT2D eigenvalue weighted by molar-refractivity contribution is -0.145. The monoisotopic (exact) mass is 427 g/mol. The molecule has 1 aliphatic heterocycles. The number of carboxylic acids is 1. The minimum absolute atomic E-state index is 0.258. The SMILES string of the molecule is CCC(C(=O)O)N1C(=O)C(=Cc2ccccc2OCc2ccc(C)cc2)SC1=S. The zero-order valence-corrected chi connectivity index (χ0v) is 17.8. The zero-order chi connectivity index (χ0) is 21.0. The van der Waals surface area contributed by atoms with Crippen LogP contribution in [-0.2, 0) is 16.2 Å². The highest BCUT2D eigenvalue weighted by atomic mass is 32.2. The Morgan fingerprint density at radius 2 is 1.93 bits per heavy atom. The Hall–Kier alpha value is -2.64. The summed E-state index contributed by atoms with van der Waals surface area (Å²) in [6, 6.07) is 14.5. The zero-order valence-electron chi connectivity index (χ0n) is 16.1. The van der Waals surface area contributed by atoms with E-state index in [0.29, 0.717) is 17.3 Å². The fourth-order valence-corrected chi connectivity index (χ4v) is 4.28. The first-order chi connectivity index (χ1) is 13.9. The lowest BCUT2D eigenvalue weighted by Crippen LogP contribution is -2.43. The van der Waals surface area contributed by atoms with Gasteiger partial charge in [0.05, 0.1) is 4.91 Å². The number of para-hydroxylation sites is 1. The van der Waals surface area contributed by atoms with Crippen molar-refractivity contribution in [2.45, 2.75) is 32.9 Å². The number of thioether (sulfide) groups is 1. The maximum absolute atomic E-state index is 12.8. The number of thiocarbonyl (C=S) groups is 1. The van der Waals surface area contributed by atoms with Crippen molar-refractivity contribution in [2.75, 3.05) is 0 Å². The summed E-state index contributed by atoms with van der Waals surface area (Å²) < 4.78 is 6.22. The second-order valence-electron chi connectivity index (χ2n) is 6.63. The molecule has 0 saturated carbocycles. The van der Waals surface area contributed by atoms with E-state index in [1.54, 1.807) is 13.0 Å². The predicted octanol–water partition coefficient (Wildman–Crippen LogP) is 4.64. The van der Waals surface area contributed by atoms with Crippen molar-refractivity contribution in [3.05, 3.63) is 70.1 Å². The van der Waals surface area contributed by atoms with Gasteiger partial charge in [0.2, 0.25) is 0 Å². The van der Waals surface area contributed by atoms with Gasteiger partial charge in [0.25, 0.3) is 5.91 Å². The minimum Gasteiger partial charge on any atom is -0.488 e. The lowest BCUT2D eigenvalue weighted by Gasteiger charge is -2.21. The van der Waals surface area contributed by atoms with Gasteiger partial charge in [-0.3, -0.25) is 9.69 Å². The number of carbonyl (C=O) groups is 2. The summed E-state index contributed by atoms with van der Waals surface area (Å²) >= 11 is 6.38. The molecule has 7 heteroatoms. The molecule has 1 unspecified atom stereocenters. The summed E-state index contributed by atoms with van der Waals surface area (Å²) in [7, 11) is 0. The largest absolute Gasteiger partial charge is 0.488 e. The number of carbonyl (C=O) groups excluding carboxylic acids is 1. The number of hydrogen-bond donors (Lipinski definition) is 1. The molecule has 1 heterocycles. The summed E-state index contributed by atoms with van der Waals surface area (Å²) in [5, 5.41) is 9.38.